The Morgan fingerprint density at radius 1 is 1.39 bits per heavy atom. The molecule has 3 rings (SSSR count). The summed E-state index contributed by atoms with van der Waals surface area (Å²) in [6, 6.07) is 1.17. The predicted molar refractivity (Wildman–Crippen MR) is 62.9 cm³/mol. The molecule has 8 heteroatoms. The van der Waals surface area contributed by atoms with Crippen molar-refractivity contribution in [2.24, 2.45) is 0 Å². The topological polar surface area (TPSA) is 106 Å². The summed E-state index contributed by atoms with van der Waals surface area (Å²) in [4.78, 5) is 28.4. The lowest BCUT2D eigenvalue weighted by atomic mass is 10.2. The first-order valence-electron chi connectivity index (χ1n) is 5.35. The van der Waals surface area contributed by atoms with Crippen LogP contribution in [0.4, 0.5) is 16.2 Å². The molecule has 1 aliphatic heterocycles. The van der Waals surface area contributed by atoms with Crippen molar-refractivity contribution in [2.45, 2.75) is 6.42 Å². The largest absolute Gasteiger partial charge is 0.397 e. The Bertz CT molecular complexity index is 649. The zero-order valence-electron chi connectivity index (χ0n) is 9.33. The molecule has 1 saturated heterocycles. The molecular weight excluding hydrogens is 236 g/mol. The lowest BCUT2D eigenvalue weighted by molar-refractivity contribution is -0.120. The summed E-state index contributed by atoms with van der Waals surface area (Å²) >= 11 is 0. The van der Waals surface area contributed by atoms with E-state index in [4.69, 9.17) is 5.73 Å². The van der Waals surface area contributed by atoms with Gasteiger partial charge in [-0.1, -0.05) is 0 Å². The van der Waals surface area contributed by atoms with Gasteiger partial charge in [-0.15, -0.1) is 0 Å². The molecule has 0 saturated carbocycles. The van der Waals surface area contributed by atoms with E-state index in [-0.39, 0.29) is 12.3 Å². The summed E-state index contributed by atoms with van der Waals surface area (Å²) in [6.07, 6.45) is 3.24. The van der Waals surface area contributed by atoms with Crippen molar-refractivity contribution in [3.63, 3.8) is 0 Å². The molecule has 0 aromatic carbocycles. The van der Waals surface area contributed by atoms with Gasteiger partial charge in [0.1, 0.15) is 6.33 Å². The number of anilines is 2. The van der Waals surface area contributed by atoms with Gasteiger partial charge in [-0.2, -0.15) is 5.10 Å². The second-order valence-electron chi connectivity index (χ2n) is 3.94. The Hall–Kier alpha value is -2.64. The number of urea groups is 1. The highest BCUT2D eigenvalue weighted by molar-refractivity contribution is 6.07. The van der Waals surface area contributed by atoms with Crippen molar-refractivity contribution in [3.8, 4) is 0 Å². The molecular formula is C10H10N6O2. The maximum Gasteiger partial charge on any atom is 0.328 e. The zero-order chi connectivity index (χ0) is 12.7. The van der Waals surface area contributed by atoms with Gasteiger partial charge in [0.15, 0.2) is 5.65 Å². The number of nitrogens with two attached hydrogens (primary N) is 1. The fraction of sp³-hybridized carbons (Fsp3) is 0.200. The fourth-order valence-electron chi connectivity index (χ4n) is 1.92. The molecule has 0 radical (unpaired) electrons. The number of imide groups is 1. The first-order chi connectivity index (χ1) is 8.65. The summed E-state index contributed by atoms with van der Waals surface area (Å²) in [6.45, 7) is 0.302. The Morgan fingerprint density at radius 3 is 3.00 bits per heavy atom. The van der Waals surface area contributed by atoms with Crippen molar-refractivity contribution >= 4 is 29.0 Å². The van der Waals surface area contributed by atoms with E-state index in [0.29, 0.717) is 23.6 Å². The van der Waals surface area contributed by atoms with Crippen molar-refractivity contribution in [1.82, 2.24) is 19.9 Å². The number of aromatic nitrogens is 3. The van der Waals surface area contributed by atoms with E-state index in [9.17, 15) is 9.59 Å². The maximum atomic E-state index is 11.8. The third-order valence-corrected chi connectivity index (χ3v) is 2.72. The molecule has 92 valence electrons. The number of rotatable bonds is 1. The second kappa shape index (κ2) is 3.69. The van der Waals surface area contributed by atoms with Crippen LogP contribution in [0.1, 0.15) is 6.42 Å². The highest BCUT2D eigenvalue weighted by Gasteiger charge is 2.26. The average Bonchev–Trinajstić information content (AvgIpc) is 2.76. The molecule has 0 spiro atoms. The van der Waals surface area contributed by atoms with Gasteiger partial charge >= 0.3 is 6.03 Å². The average molecular weight is 246 g/mol. The maximum absolute atomic E-state index is 11.8. The van der Waals surface area contributed by atoms with Gasteiger partial charge < -0.3 is 5.73 Å². The number of fused-ring (bicyclic) bond motifs is 1. The molecule has 2 aromatic heterocycles. The van der Waals surface area contributed by atoms with Crippen LogP contribution in [0.5, 0.6) is 0 Å². The molecule has 8 nitrogen and oxygen atoms in total. The zero-order valence-corrected chi connectivity index (χ0v) is 9.33. The molecule has 3 heterocycles. The van der Waals surface area contributed by atoms with E-state index in [1.165, 1.54) is 15.7 Å². The summed E-state index contributed by atoms with van der Waals surface area (Å²) in [7, 11) is 0. The number of pyridine rings is 1. The number of nitrogen functional groups attached to an aromatic ring is 1. The van der Waals surface area contributed by atoms with Crippen LogP contribution in [-0.2, 0) is 4.79 Å². The van der Waals surface area contributed by atoms with Crippen LogP contribution in [0.25, 0.3) is 5.65 Å². The first-order valence-corrected chi connectivity index (χ1v) is 5.35. The van der Waals surface area contributed by atoms with Crippen molar-refractivity contribution in [2.75, 3.05) is 17.2 Å². The second-order valence-corrected chi connectivity index (χ2v) is 3.94. The summed E-state index contributed by atoms with van der Waals surface area (Å²) < 4.78 is 1.49. The highest BCUT2D eigenvalue weighted by Crippen LogP contribution is 2.24. The van der Waals surface area contributed by atoms with E-state index < -0.39 is 6.03 Å². The minimum atomic E-state index is -0.471. The Balaban J connectivity index is 2.11. The lowest BCUT2D eigenvalue weighted by Crippen LogP contribution is -2.49. The first kappa shape index (κ1) is 10.5. The SMILES string of the molecule is Nc1cc(N2CCC(=O)NC2=O)c2ncnn2c1. The summed E-state index contributed by atoms with van der Waals surface area (Å²) in [5.41, 5.74) is 7.28. The minimum Gasteiger partial charge on any atom is -0.397 e. The molecule has 3 amide bonds. The van der Waals surface area contributed by atoms with Gasteiger partial charge in [-0.3, -0.25) is 15.0 Å². The van der Waals surface area contributed by atoms with Gasteiger partial charge in [-0.05, 0) is 6.07 Å². The number of amides is 3. The van der Waals surface area contributed by atoms with Crippen LogP contribution in [0.3, 0.4) is 0 Å². The standard InChI is InChI=1S/C10H10N6O2/c11-6-3-7(9-12-5-13-16(9)4-6)15-2-1-8(17)14-10(15)18/h3-5H,1-2,11H2,(H,14,17,18). The van der Waals surface area contributed by atoms with Crippen LogP contribution < -0.4 is 16.0 Å². The van der Waals surface area contributed by atoms with Crippen LogP contribution in [0.15, 0.2) is 18.6 Å². The molecule has 2 aromatic rings. The smallest absolute Gasteiger partial charge is 0.328 e. The molecule has 0 bridgehead atoms. The number of carbonyl (C=O) groups excluding carboxylic acids is 2. The quantitative estimate of drug-likeness (QED) is 0.722. The number of nitrogens with zero attached hydrogens (tertiary/aromatic N) is 4. The number of hydrogen-bond donors (Lipinski definition) is 2. The van der Waals surface area contributed by atoms with Gasteiger partial charge in [0, 0.05) is 13.0 Å². The van der Waals surface area contributed by atoms with Crippen LogP contribution in [0.2, 0.25) is 0 Å². The lowest BCUT2D eigenvalue weighted by Gasteiger charge is -2.26. The van der Waals surface area contributed by atoms with E-state index in [0.717, 1.165) is 0 Å². The molecule has 1 fully saturated rings. The van der Waals surface area contributed by atoms with Gasteiger partial charge in [0.2, 0.25) is 5.91 Å². The van der Waals surface area contributed by atoms with Gasteiger partial charge in [-0.25, -0.2) is 14.3 Å². The Morgan fingerprint density at radius 2 is 2.22 bits per heavy atom. The van der Waals surface area contributed by atoms with E-state index >= 15 is 0 Å². The highest BCUT2D eigenvalue weighted by atomic mass is 16.2. The Kier molecular flexibility index (Phi) is 2.15. The molecule has 3 N–H and O–H groups in total. The van der Waals surface area contributed by atoms with Gasteiger partial charge in [0.25, 0.3) is 0 Å². The van der Waals surface area contributed by atoms with Crippen LogP contribution >= 0.6 is 0 Å². The number of nitrogens with one attached hydrogen (secondary N) is 1. The number of hydrogen-bond acceptors (Lipinski definition) is 5. The van der Waals surface area contributed by atoms with Crippen molar-refractivity contribution in [3.05, 3.63) is 18.6 Å². The van der Waals surface area contributed by atoms with E-state index in [1.54, 1.807) is 12.3 Å². The minimum absolute atomic E-state index is 0.251. The predicted octanol–water partition coefficient (Wildman–Crippen LogP) is -0.242. The van der Waals surface area contributed by atoms with E-state index in [1.807, 2.05) is 0 Å². The Labute approximate surface area is 101 Å². The molecule has 0 atom stereocenters. The van der Waals surface area contributed by atoms with Gasteiger partial charge in [0.05, 0.1) is 17.6 Å². The molecule has 0 aliphatic carbocycles. The molecule has 18 heavy (non-hydrogen) atoms. The van der Waals surface area contributed by atoms with Crippen molar-refractivity contribution in [1.29, 1.82) is 0 Å². The van der Waals surface area contributed by atoms with Crippen LogP contribution in [0, 0.1) is 0 Å². The van der Waals surface area contributed by atoms with Crippen molar-refractivity contribution < 1.29 is 9.59 Å². The van der Waals surface area contributed by atoms with E-state index in [2.05, 4.69) is 15.4 Å². The monoisotopic (exact) mass is 246 g/mol. The third kappa shape index (κ3) is 1.54. The third-order valence-electron chi connectivity index (χ3n) is 2.72. The van der Waals surface area contributed by atoms with Crippen LogP contribution in [-0.4, -0.2) is 33.1 Å². The number of carbonyl (C=O) groups is 2. The summed E-state index contributed by atoms with van der Waals surface area (Å²) in [5, 5.41) is 6.23. The molecule has 1 aliphatic rings. The normalized spacial score (nSPS) is 16.1. The summed E-state index contributed by atoms with van der Waals surface area (Å²) in [5.74, 6) is -0.280. The molecule has 0 unspecified atom stereocenters. The fourth-order valence-corrected chi connectivity index (χ4v) is 1.92.